The van der Waals surface area contributed by atoms with Gasteiger partial charge in [0.2, 0.25) is 9.84 Å². The predicted molar refractivity (Wildman–Crippen MR) is 136 cm³/mol. The number of esters is 1. The largest absolute Gasteiger partial charge is 0.461 e. The molecule has 0 fully saturated rings. The van der Waals surface area contributed by atoms with Gasteiger partial charge in [-0.1, -0.05) is 48.5 Å². The lowest BCUT2D eigenvalue weighted by Gasteiger charge is -2.16. The zero-order valence-electron chi connectivity index (χ0n) is 19.9. The van der Waals surface area contributed by atoms with Crippen LogP contribution in [0.15, 0.2) is 87.4 Å². The number of nitrogens with one attached hydrogen (secondary N) is 1. The number of benzene rings is 2. The molecule has 0 saturated heterocycles. The van der Waals surface area contributed by atoms with E-state index in [1.54, 1.807) is 25.1 Å². The minimum atomic E-state index is -3.99. The molecule has 8 heteroatoms. The number of pyridine rings is 1. The van der Waals surface area contributed by atoms with Gasteiger partial charge in [-0.05, 0) is 67.1 Å². The molecule has 0 unspecified atom stereocenters. The highest BCUT2D eigenvalue weighted by Gasteiger charge is 2.29. The summed E-state index contributed by atoms with van der Waals surface area (Å²) >= 11 is 0. The van der Waals surface area contributed by atoms with Crippen LogP contribution in [0, 0.1) is 0 Å². The number of aromatic nitrogens is 2. The van der Waals surface area contributed by atoms with E-state index in [0.29, 0.717) is 30.8 Å². The van der Waals surface area contributed by atoms with E-state index in [0.717, 1.165) is 28.8 Å². The standard InChI is InChI=1S/C28H26N2O5S/c1-2-35-28(32)23-16-21-13-9-12-20-17-24(36(33,34)22-14-7-4-8-15-22)27(31)29-25(20)26(21)30(23)18-19-10-5-3-6-11-19/h3-8,10-11,14-17H,2,9,12-13,18H2,1H3,(H,29,31). The Hall–Kier alpha value is -3.91. The first-order valence-corrected chi connectivity index (χ1v) is 13.4. The number of ether oxygens (including phenoxy) is 1. The smallest absolute Gasteiger partial charge is 0.354 e. The third-order valence-corrected chi connectivity index (χ3v) is 8.18. The number of fused-ring (bicyclic) bond motifs is 3. The number of rotatable bonds is 6. The van der Waals surface area contributed by atoms with Crippen molar-refractivity contribution in [1.82, 2.24) is 9.55 Å². The summed E-state index contributed by atoms with van der Waals surface area (Å²) in [7, 11) is -3.99. The summed E-state index contributed by atoms with van der Waals surface area (Å²) in [5.74, 6) is -0.436. The van der Waals surface area contributed by atoms with E-state index in [9.17, 15) is 18.0 Å². The molecule has 0 bridgehead atoms. The first-order valence-electron chi connectivity index (χ1n) is 11.9. The topological polar surface area (TPSA) is 98.2 Å². The fourth-order valence-electron chi connectivity index (χ4n) is 4.75. The molecule has 2 heterocycles. The van der Waals surface area contributed by atoms with Gasteiger partial charge in [0.25, 0.3) is 5.56 Å². The average Bonchev–Trinajstić information content (AvgIpc) is 3.13. The van der Waals surface area contributed by atoms with Gasteiger partial charge in [-0.15, -0.1) is 0 Å². The highest BCUT2D eigenvalue weighted by molar-refractivity contribution is 7.91. The molecular formula is C28H26N2O5S. The summed E-state index contributed by atoms with van der Waals surface area (Å²) in [6.07, 6.45) is 2.02. The van der Waals surface area contributed by atoms with Crippen LogP contribution in [0.3, 0.4) is 0 Å². The Labute approximate surface area is 209 Å². The van der Waals surface area contributed by atoms with Gasteiger partial charge >= 0.3 is 5.97 Å². The molecule has 0 amide bonds. The number of H-pyrrole nitrogens is 1. The molecule has 2 aromatic carbocycles. The lowest BCUT2D eigenvalue weighted by molar-refractivity contribution is 0.0514. The van der Waals surface area contributed by atoms with Crippen molar-refractivity contribution in [3.63, 3.8) is 0 Å². The van der Waals surface area contributed by atoms with E-state index in [4.69, 9.17) is 4.74 Å². The summed E-state index contributed by atoms with van der Waals surface area (Å²) in [6.45, 7) is 2.40. The van der Waals surface area contributed by atoms with E-state index < -0.39 is 21.4 Å². The SMILES string of the molecule is CCOC(=O)c1cc2c(n1Cc1ccccc1)-c1[nH]c(=O)c(S(=O)(=O)c3ccccc3)cc1CCC2. The molecule has 0 atom stereocenters. The summed E-state index contributed by atoms with van der Waals surface area (Å²) in [5, 5.41) is 0. The molecule has 4 aromatic rings. The summed E-state index contributed by atoms with van der Waals surface area (Å²) in [4.78, 5) is 28.8. The van der Waals surface area contributed by atoms with Crippen LogP contribution in [-0.2, 0) is 34.0 Å². The number of carbonyl (C=O) groups is 1. The maximum Gasteiger partial charge on any atom is 0.354 e. The summed E-state index contributed by atoms with van der Waals surface area (Å²) in [6, 6.07) is 21.0. The van der Waals surface area contributed by atoms with Gasteiger partial charge in [0.1, 0.15) is 10.6 Å². The highest BCUT2D eigenvalue weighted by atomic mass is 32.2. The Balaban J connectivity index is 1.70. The quantitative estimate of drug-likeness (QED) is 0.395. The fraction of sp³-hybridized carbons (Fsp3) is 0.214. The normalized spacial score (nSPS) is 12.9. The average molecular weight is 503 g/mol. The van der Waals surface area contributed by atoms with Gasteiger partial charge in [-0.2, -0.15) is 0 Å². The molecule has 7 nitrogen and oxygen atoms in total. The molecule has 184 valence electrons. The highest BCUT2D eigenvalue weighted by Crippen LogP contribution is 2.35. The zero-order valence-corrected chi connectivity index (χ0v) is 20.7. The lowest BCUT2D eigenvalue weighted by atomic mass is 10.1. The van der Waals surface area contributed by atoms with Crippen molar-refractivity contribution in [1.29, 1.82) is 0 Å². The van der Waals surface area contributed by atoms with Crippen molar-refractivity contribution >= 4 is 15.8 Å². The Bertz CT molecular complexity index is 1590. The Morgan fingerprint density at radius 2 is 1.64 bits per heavy atom. The second-order valence-electron chi connectivity index (χ2n) is 8.73. The maximum atomic E-state index is 13.3. The minimum Gasteiger partial charge on any atom is -0.461 e. The summed E-state index contributed by atoms with van der Waals surface area (Å²) < 4.78 is 33.7. The van der Waals surface area contributed by atoms with Crippen LogP contribution in [0.1, 0.15) is 40.5 Å². The van der Waals surface area contributed by atoms with Crippen LogP contribution in [-0.4, -0.2) is 30.5 Å². The van der Waals surface area contributed by atoms with Crippen molar-refractivity contribution in [3.8, 4) is 11.4 Å². The molecule has 2 aromatic heterocycles. The van der Waals surface area contributed by atoms with E-state index in [1.165, 1.54) is 18.2 Å². The first-order chi connectivity index (χ1) is 17.4. The van der Waals surface area contributed by atoms with Gasteiger partial charge in [-0.25, -0.2) is 13.2 Å². The predicted octanol–water partition coefficient (Wildman–Crippen LogP) is 4.39. The van der Waals surface area contributed by atoms with Gasteiger partial charge in [0.15, 0.2) is 0 Å². The van der Waals surface area contributed by atoms with Crippen LogP contribution >= 0.6 is 0 Å². The molecule has 1 N–H and O–H groups in total. The number of nitrogens with zero attached hydrogens (tertiary/aromatic N) is 1. The molecule has 0 saturated carbocycles. The monoisotopic (exact) mass is 502 g/mol. The van der Waals surface area contributed by atoms with E-state index in [1.807, 2.05) is 41.0 Å². The third kappa shape index (κ3) is 4.28. The van der Waals surface area contributed by atoms with Gasteiger partial charge < -0.3 is 14.3 Å². The molecular weight excluding hydrogens is 476 g/mol. The fourth-order valence-corrected chi connectivity index (χ4v) is 6.11. The van der Waals surface area contributed by atoms with Crippen molar-refractivity contribution in [2.45, 2.75) is 42.5 Å². The van der Waals surface area contributed by atoms with E-state index in [-0.39, 0.29) is 16.4 Å². The van der Waals surface area contributed by atoms with Gasteiger partial charge in [0.05, 0.1) is 22.9 Å². The van der Waals surface area contributed by atoms with Crippen molar-refractivity contribution in [3.05, 3.63) is 106 Å². The molecule has 1 aliphatic carbocycles. The van der Waals surface area contributed by atoms with Crippen molar-refractivity contribution < 1.29 is 17.9 Å². The zero-order chi connectivity index (χ0) is 25.3. The number of hydrogen-bond donors (Lipinski definition) is 1. The van der Waals surface area contributed by atoms with E-state index in [2.05, 4.69) is 4.98 Å². The lowest BCUT2D eigenvalue weighted by Crippen LogP contribution is -2.21. The second-order valence-corrected chi connectivity index (χ2v) is 10.6. The molecule has 0 spiro atoms. The number of hydrogen-bond acceptors (Lipinski definition) is 5. The van der Waals surface area contributed by atoms with Gasteiger partial charge in [-0.3, -0.25) is 4.79 Å². The first kappa shape index (κ1) is 23.8. The minimum absolute atomic E-state index is 0.0711. The molecule has 5 rings (SSSR count). The Morgan fingerprint density at radius 3 is 2.33 bits per heavy atom. The van der Waals surface area contributed by atoms with Crippen LogP contribution in [0.25, 0.3) is 11.4 Å². The molecule has 36 heavy (non-hydrogen) atoms. The Kier molecular flexibility index (Phi) is 6.36. The molecule has 0 aliphatic heterocycles. The van der Waals surface area contributed by atoms with Crippen molar-refractivity contribution in [2.75, 3.05) is 6.61 Å². The Morgan fingerprint density at radius 1 is 0.972 bits per heavy atom. The molecule has 1 aliphatic rings. The van der Waals surface area contributed by atoms with Gasteiger partial charge in [0, 0.05) is 6.54 Å². The summed E-state index contributed by atoms with van der Waals surface area (Å²) in [5.41, 5.74) is 3.61. The molecule has 0 radical (unpaired) electrons. The maximum absolute atomic E-state index is 13.3. The second kappa shape index (κ2) is 9.62. The van der Waals surface area contributed by atoms with Crippen molar-refractivity contribution in [2.24, 2.45) is 0 Å². The van der Waals surface area contributed by atoms with Crippen LogP contribution < -0.4 is 5.56 Å². The number of aromatic amines is 1. The number of aryl methyl sites for hydroxylation is 2. The number of sulfone groups is 1. The van der Waals surface area contributed by atoms with Crippen LogP contribution in [0.2, 0.25) is 0 Å². The van der Waals surface area contributed by atoms with E-state index >= 15 is 0 Å². The van der Waals surface area contributed by atoms with Crippen LogP contribution in [0.5, 0.6) is 0 Å². The van der Waals surface area contributed by atoms with Crippen LogP contribution in [0.4, 0.5) is 0 Å². The third-order valence-electron chi connectivity index (χ3n) is 6.40. The number of carbonyl (C=O) groups excluding carboxylic acids is 1.